The van der Waals surface area contributed by atoms with Crippen molar-refractivity contribution in [1.82, 2.24) is 9.97 Å². The maximum absolute atomic E-state index is 11.0. The van der Waals surface area contributed by atoms with Crippen molar-refractivity contribution in [1.29, 1.82) is 0 Å². The third-order valence-corrected chi connectivity index (χ3v) is 2.46. The van der Waals surface area contributed by atoms with Crippen LogP contribution in [0.1, 0.15) is 0 Å². The van der Waals surface area contributed by atoms with Gasteiger partial charge in [0.25, 0.3) is 5.56 Å². The topological polar surface area (TPSA) is 65.7 Å². The van der Waals surface area contributed by atoms with Crippen molar-refractivity contribution < 1.29 is 0 Å². The molecular formula is C5H3Cl3N2O2S. The molecule has 0 radical (unpaired) electrons. The number of halogens is 3. The molecule has 1 aromatic heterocycles. The van der Waals surface area contributed by atoms with E-state index >= 15 is 0 Å². The third-order valence-electron chi connectivity index (χ3n) is 1.01. The van der Waals surface area contributed by atoms with Crippen LogP contribution in [0.5, 0.6) is 0 Å². The van der Waals surface area contributed by atoms with Crippen LogP contribution in [0.4, 0.5) is 0 Å². The minimum Gasteiger partial charge on any atom is -0.313 e. The lowest BCUT2D eigenvalue weighted by atomic mass is 10.7. The van der Waals surface area contributed by atoms with Gasteiger partial charge in [-0.3, -0.25) is 9.78 Å². The van der Waals surface area contributed by atoms with Gasteiger partial charge in [-0.25, -0.2) is 4.79 Å². The molecule has 0 aliphatic heterocycles. The van der Waals surface area contributed by atoms with Gasteiger partial charge < -0.3 is 4.98 Å². The van der Waals surface area contributed by atoms with Crippen LogP contribution in [0.2, 0.25) is 0 Å². The summed E-state index contributed by atoms with van der Waals surface area (Å²) in [4.78, 5) is 26.0. The van der Waals surface area contributed by atoms with Crippen molar-refractivity contribution >= 4 is 46.6 Å². The van der Waals surface area contributed by atoms with Gasteiger partial charge in [-0.2, -0.15) is 0 Å². The fourth-order valence-corrected chi connectivity index (χ4v) is 1.86. The Morgan fingerprint density at radius 1 is 1.31 bits per heavy atom. The van der Waals surface area contributed by atoms with E-state index in [1.54, 1.807) is 0 Å². The Hall–Kier alpha value is -0.100. The van der Waals surface area contributed by atoms with Gasteiger partial charge in [0.15, 0.2) is 0 Å². The SMILES string of the molecule is O=c1[nH]cc(SC(Cl)(Cl)Cl)c(=O)[nH]1. The average molecular weight is 262 g/mol. The zero-order valence-corrected chi connectivity index (χ0v) is 9.02. The fraction of sp³-hybridized carbons (Fsp3) is 0.200. The molecule has 0 aromatic carbocycles. The van der Waals surface area contributed by atoms with Crippen molar-refractivity contribution in [3.05, 3.63) is 27.0 Å². The Kier molecular flexibility index (Phi) is 3.34. The summed E-state index contributed by atoms with van der Waals surface area (Å²) in [5.74, 6) is 0. The molecule has 0 saturated carbocycles. The van der Waals surface area contributed by atoms with Crippen molar-refractivity contribution in [2.75, 3.05) is 0 Å². The molecule has 8 heteroatoms. The van der Waals surface area contributed by atoms with E-state index < -0.39 is 14.4 Å². The van der Waals surface area contributed by atoms with E-state index in [0.717, 1.165) is 11.8 Å². The second-order valence-corrected chi connectivity index (χ2v) is 6.19. The Labute approximate surface area is 91.6 Å². The molecule has 13 heavy (non-hydrogen) atoms. The van der Waals surface area contributed by atoms with Crippen LogP contribution in [0, 0.1) is 0 Å². The summed E-state index contributed by atoms with van der Waals surface area (Å²) in [6, 6.07) is 0. The van der Waals surface area contributed by atoms with E-state index in [9.17, 15) is 9.59 Å². The van der Waals surface area contributed by atoms with Crippen LogP contribution in [-0.2, 0) is 0 Å². The highest BCUT2D eigenvalue weighted by atomic mass is 35.6. The van der Waals surface area contributed by atoms with Gasteiger partial charge in [0.2, 0.25) is 3.12 Å². The maximum atomic E-state index is 11.0. The normalized spacial score (nSPS) is 11.6. The lowest BCUT2D eigenvalue weighted by Gasteiger charge is -2.07. The highest BCUT2D eigenvalue weighted by Gasteiger charge is 2.22. The van der Waals surface area contributed by atoms with Crippen LogP contribution < -0.4 is 11.2 Å². The minimum atomic E-state index is -1.62. The number of aromatic amines is 2. The predicted molar refractivity (Wildman–Crippen MR) is 53.8 cm³/mol. The quantitative estimate of drug-likeness (QED) is 0.594. The molecule has 2 N–H and O–H groups in total. The highest BCUT2D eigenvalue weighted by Crippen LogP contribution is 2.41. The summed E-state index contributed by atoms with van der Waals surface area (Å²) >= 11 is 17.0. The lowest BCUT2D eigenvalue weighted by Crippen LogP contribution is -2.23. The first-order chi connectivity index (χ1) is 5.88. The molecular weight excluding hydrogens is 258 g/mol. The average Bonchev–Trinajstić information content (AvgIpc) is 1.93. The molecule has 0 unspecified atom stereocenters. The first-order valence-corrected chi connectivity index (χ1v) is 4.91. The van der Waals surface area contributed by atoms with Gasteiger partial charge >= 0.3 is 5.69 Å². The zero-order chi connectivity index (χ0) is 10.1. The van der Waals surface area contributed by atoms with E-state index in [4.69, 9.17) is 34.8 Å². The van der Waals surface area contributed by atoms with Gasteiger partial charge in [-0.05, 0) is 0 Å². The summed E-state index contributed by atoms with van der Waals surface area (Å²) < 4.78 is -1.62. The van der Waals surface area contributed by atoms with Crippen molar-refractivity contribution in [2.45, 2.75) is 8.02 Å². The minimum absolute atomic E-state index is 0.139. The van der Waals surface area contributed by atoms with E-state index in [0.29, 0.717) is 0 Å². The van der Waals surface area contributed by atoms with Crippen LogP contribution in [0.25, 0.3) is 0 Å². The smallest absolute Gasteiger partial charge is 0.313 e. The number of hydrogen-bond acceptors (Lipinski definition) is 3. The van der Waals surface area contributed by atoms with Crippen LogP contribution >= 0.6 is 46.6 Å². The third kappa shape index (κ3) is 3.64. The molecule has 0 saturated heterocycles. The van der Waals surface area contributed by atoms with Crippen LogP contribution in [0.15, 0.2) is 20.7 Å². The number of H-pyrrole nitrogens is 2. The number of rotatable bonds is 1. The fourth-order valence-electron chi connectivity index (χ4n) is 0.598. The van der Waals surface area contributed by atoms with Crippen molar-refractivity contribution in [2.24, 2.45) is 0 Å². The summed E-state index contributed by atoms with van der Waals surface area (Å²) in [6.07, 6.45) is 1.19. The van der Waals surface area contributed by atoms with Crippen molar-refractivity contribution in [3.63, 3.8) is 0 Å². The van der Waals surface area contributed by atoms with Crippen LogP contribution in [0.3, 0.4) is 0 Å². The molecule has 0 fully saturated rings. The van der Waals surface area contributed by atoms with Crippen molar-refractivity contribution in [3.8, 4) is 0 Å². The van der Waals surface area contributed by atoms with Gasteiger partial charge in [-0.1, -0.05) is 46.6 Å². The number of aromatic nitrogens is 2. The predicted octanol–water partition coefficient (Wildman–Crippen LogP) is 1.48. The molecule has 1 aromatic rings. The summed E-state index contributed by atoms with van der Waals surface area (Å²) in [7, 11) is 0. The first-order valence-electron chi connectivity index (χ1n) is 2.96. The van der Waals surface area contributed by atoms with Gasteiger partial charge in [0.1, 0.15) is 0 Å². The number of hydrogen-bond donors (Lipinski definition) is 2. The summed E-state index contributed by atoms with van der Waals surface area (Å²) in [5.41, 5.74) is -1.18. The Morgan fingerprint density at radius 3 is 2.38 bits per heavy atom. The van der Waals surface area contributed by atoms with Gasteiger partial charge in [0, 0.05) is 6.20 Å². The van der Waals surface area contributed by atoms with Gasteiger partial charge in [-0.15, -0.1) is 0 Å². The monoisotopic (exact) mass is 260 g/mol. The molecule has 0 aliphatic rings. The highest BCUT2D eigenvalue weighted by molar-refractivity contribution is 8.04. The second-order valence-electron chi connectivity index (χ2n) is 1.98. The van der Waals surface area contributed by atoms with Crippen LogP contribution in [-0.4, -0.2) is 13.1 Å². The Morgan fingerprint density at radius 2 is 1.92 bits per heavy atom. The van der Waals surface area contributed by atoms with E-state index in [1.807, 2.05) is 4.98 Å². The molecule has 1 rings (SSSR count). The largest absolute Gasteiger partial charge is 0.325 e. The molecule has 4 nitrogen and oxygen atoms in total. The zero-order valence-electron chi connectivity index (χ0n) is 5.94. The molecule has 0 atom stereocenters. The molecule has 0 bridgehead atoms. The molecule has 1 heterocycles. The lowest BCUT2D eigenvalue weighted by molar-refractivity contribution is 0.977. The molecule has 0 aliphatic carbocycles. The Bertz CT molecular complexity index is 407. The number of thioether (sulfide) groups is 1. The number of nitrogens with one attached hydrogen (secondary N) is 2. The van der Waals surface area contributed by atoms with E-state index in [1.165, 1.54) is 6.20 Å². The summed E-state index contributed by atoms with van der Waals surface area (Å²) in [6.45, 7) is 0. The molecule has 0 spiro atoms. The first kappa shape index (κ1) is 11.0. The Balaban J connectivity index is 3.04. The van der Waals surface area contributed by atoms with E-state index in [2.05, 4.69) is 4.98 Å². The molecule has 0 amide bonds. The second kappa shape index (κ2) is 3.96. The number of alkyl halides is 3. The summed E-state index contributed by atoms with van der Waals surface area (Å²) in [5, 5.41) is 0. The van der Waals surface area contributed by atoms with E-state index in [-0.39, 0.29) is 4.90 Å². The maximum Gasteiger partial charge on any atom is 0.325 e. The molecule has 72 valence electrons. The standard InChI is InChI=1S/C5H3Cl3N2O2S/c6-5(7,8)13-2-1-9-4(12)10-3(2)11/h1H,(H2,9,10,11,12). The van der Waals surface area contributed by atoms with Gasteiger partial charge in [0.05, 0.1) is 4.90 Å².